The maximum Gasteiger partial charge on any atom is 0.365 e. The highest BCUT2D eigenvalue weighted by Crippen LogP contribution is 2.31. The van der Waals surface area contributed by atoms with Gasteiger partial charge >= 0.3 is 5.97 Å². The van der Waals surface area contributed by atoms with Gasteiger partial charge in [-0.05, 0) is 74.3 Å². The molecule has 1 aliphatic carbocycles. The standard InChI is InChI=1S/C33H54N2O3S/c1-6-10-11-12-13-14-15-16-17-18-21-39-32(33(37)38-9-4)34-35(25-27-19-20-27)31(36)24-30-28(7-2)22-26(5)23-29(30)8-3/h22-23,27H,6-21,24-25H2,1-5H3. The van der Waals surface area contributed by atoms with Gasteiger partial charge in [-0.1, -0.05) is 108 Å². The van der Waals surface area contributed by atoms with Crippen molar-refractivity contribution in [2.45, 2.75) is 131 Å². The number of ether oxygens (including phenoxy) is 1. The van der Waals surface area contributed by atoms with Crippen molar-refractivity contribution in [3.05, 3.63) is 34.4 Å². The fraction of sp³-hybridized carbons (Fsp3) is 0.727. The normalized spacial score (nSPS) is 13.5. The molecule has 0 N–H and O–H groups in total. The summed E-state index contributed by atoms with van der Waals surface area (Å²) in [7, 11) is 0. The van der Waals surface area contributed by atoms with Crippen LogP contribution in [0.5, 0.6) is 0 Å². The first-order valence-electron chi connectivity index (χ1n) is 15.7. The number of nitrogens with zero attached hydrogens (tertiary/aromatic N) is 2. The summed E-state index contributed by atoms with van der Waals surface area (Å²) in [5.41, 5.74) is 4.83. The summed E-state index contributed by atoms with van der Waals surface area (Å²) in [6.07, 6.45) is 17.1. The Bertz CT molecular complexity index is 885. The number of amides is 1. The van der Waals surface area contributed by atoms with E-state index in [4.69, 9.17) is 4.74 Å². The number of rotatable bonds is 19. The third-order valence-corrected chi connectivity index (χ3v) is 8.50. The molecule has 1 aliphatic rings. The van der Waals surface area contributed by atoms with Crippen LogP contribution >= 0.6 is 11.8 Å². The van der Waals surface area contributed by atoms with Gasteiger partial charge in [-0.3, -0.25) is 4.79 Å². The molecule has 0 atom stereocenters. The van der Waals surface area contributed by atoms with Crippen molar-refractivity contribution in [2.75, 3.05) is 18.9 Å². The van der Waals surface area contributed by atoms with Crippen molar-refractivity contribution >= 4 is 28.7 Å². The van der Waals surface area contributed by atoms with Gasteiger partial charge in [0.25, 0.3) is 0 Å². The Kier molecular flexibility index (Phi) is 16.5. The Labute approximate surface area is 242 Å². The van der Waals surface area contributed by atoms with Crippen LogP contribution in [0.3, 0.4) is 0 Å². The summed E-state index contributed by atoms with van der Waals surface area (Å²) in [5, 5.41) is 6.57. The van der Waals surface area contributed by atoms with E-state index in [9.17, 15) is 9.59 Å². The third-order valence-electron chi connectivity index (χ3n) is 7.48. The molecular weight excluding hydrogens is 504 g/mol. The minimum Gasteiger partial charge on any atom is -0.461 e. The van der Waals surface area contributed by atoms with Crippen molar-refractivity contribution in [1.29, 1.82) is 0 Å². The molecule has 0 bridgehead atoms. The van der Waals surface area contributed by atoms with E-state index in [0.29, 0.717) is 30.5 Å². The van der Waals surface area contributed by atoms with Crippen LogP contribution in [-0.4, -0.2) is 40.8 Å². The molecule has 0 aliphatic heterocycles. The van der Waals surface area contributed by atoms with E-state index in [1.54, 1.807) is 5.01 Å². The summed E-state index contributed by atoms with van der Waals surface area (Å²) in [6, 6.07) is 4.39. The fourth-order valence-electron chi connectivity index (χ4n) is 5.01. The van der Waals surface area contributed by atoms with Crippen LogP contribution in [0.15, 0.2) is 17.2 Å². The van der Waals surface area contributed by atoms with Gasteiger partial charge in [-0.15, -0.1) is 0 Å². The van der Waals surface area contributed by atoms with Crippen molar-refractivity contribution in [3.8, 4) is 0 Å². The highest BCUT2D eigenvalue weighted by Gasteiger charge is 2.29. The van der Waals surface area contributed by atoms with Gasteiger partial charge in [0, 0.05) is 6.54 Å². The average molecular weight is 559 g/mol. The quantitative estimate of drug-likeness (QED) is 0.0562. The lowest BCUT2D eigenvalue weighted by molar-refractivity contribution is -0.134. The first-order chi connectivity index (χ1) is 18.9. The number of thioether (sulfide) groups is 1. The minimum absolute atomic E-state index is 0.0310. The Morgan fingerprint density at radius 1 is 0.897 bits per heavy atom. The van der Waals surface area contributed by atoms with Gasteiger partial charge in [0.15, 0.2) is 0 Å². The van der Waals surface area contributed by atoms with E-state index in [1.165, 1.54) is 79.8 Å². The van der Waals surface area contributed by atoms with E-state index in [-0.39, 0.29) is 5.91 Å². The van der Waals surface area contributed by atoms with Crippen molar-refractivity contribution in [3.63, 3.8) is 0 Å². The zero-order chi connectivity index (χ0) is 28.5. The SMILES string of the molecule is CCCCCCCCCCCCSC(=NN(CC1CC1)C(=O)Cc1c(CC)cc(C)cc1CC)C(=O)OCC. The van der Waals surface area contributed by atoms with E-state index in [1.807, 2.05) is 6.92 Å². The molecule has 5 nitrogen and oxygen atoms in total. The number of unbranched alkanes of at least 4 members (excludes halogenated alkanes) is 9. The molecule has 0 spiro atoms. The molecule has 2 rings (SSSR count). The second kappa shape index (κ2) is 19.3. The smallest absolute Gasteiger partial charge is 0.365 e. The van der Waals surface area contributed by atoms with Crippen LogP contribution in [-0.2, 0) is 33.6 Å². The van der Waals surface area contributed by atoms with Crippen LogP contribution in [0, 0.1) is 12.8 Å². The van der Waals surface area contributed by atoms with Crippen LogP contribution in [0.25, 0.3) is 0 Å². The molecular formula is C33H54N2O3S. The molecule has 1 aromatic carbocycles. The minimum atomic E-state index is -0.415. The second-order valence-electron chi connectivity index (χ2n) is 11.0. The molecule has 1 saturated carbocycles. The lowest BCUT2D eigenvalue weighted by Crippen LogP contribution is -2.32. The fourth-order valence-corrected chi connectivity index (χ4v) is 5.88. The van der Waals surface area contributed by atoms with E-state index >= 15 is 0 Å². The number of hydrogen-bond acceptors (Lipinski definition) is 5. The maximum absolute atomic E-state index is 13.6. The summed E-state index contributed by atoms with van der Waals surface area (Å²) >= 11 is 1.45. The topological polar surface area (TPSA) is 59.0 Å². The van der Waals surface area contributed by atoms with Crippen molar-refractivity contribution in [2.24, 2.45) is 11.0 Å². The number of hydrazone groups is 1. The summed E-state index contributed by atoms with van der Waals surface area (Å²) < 4.78 is 5.33. The molecule has 6 heteroatoms. The zero-order valence-corrected chi connectivity index (χ0v) is 26.3. The van der Waals surface area contributed by atoms with Crippen LogP contribution in [0.2, 0.25) is 0 Å². The molecule has 0 heterocycles. The van der Waals surface area contributed by atoms with Crippen LogP contribution in [0.1, 0.15) is 127 Å². The second-order valence-corrected chi connectivity index (χ2v) is 12.1. The van der Waals surface area contributed by atoms with Gasteiger partial charge < -0.3 is 4.74 Å². The van der Waals surface area contributed by atoms with Crippen LogP contribution < -0.4 is 0 Å². The predicted molar refractivity (Wildman–Crippen MR) is 166 cm³/mol. The highest BCUT2D eigenvalue weighted by molar-refractivity contribution is 8.15. The molecule has 1 fully saturated rings. The number of hydrogen-bond donors (Lipinski definition) is 0. The van der Waals surface area contributed by atoms with Crippen molar-refractivity contribution < 1.29 is 14.3 Å². The maximum atomic E-state index is 13.6. The largest absolute Gasteiger partial charge is 0.461 e. The van der Waals surface area contributed by atoms with Gasteiger partial charge in [0.2, 0.25) is 11.0 Å². The molecule has 220 valence electrons. The molecule has 1 amide bonds. The molecule has 0 radical (unpaired) electrons. The molecule has 0 unspecified atom stereocenters. The number of esters is 1. The predicted octanol–water partition coefficient (Wildman–Crippen LogP) is 8.43. The van der Waals surface area contributed by atoms with Crippen molar-refractivity contribution in [1.82, 2.24) is 5.01 Å². The first kappa shape index (κ1) is 33.4. The Balaban J connectivity index is 2.01. The first-order valence-corrected chi connectivity index (χ1v) is 16.7. The molecule has 39 heavy (non-hydrogen) atoms. The Hall–Kier alpha value is -1.82. The molecule has 0 saturated heterocycles. The van der Waals surface area contributed by atoms with E-state index < -0.39 is 5.97 Å². The molecule has 0 aromatic heterocycles. The Morgan fingerprint density at radius 3 is 1.97 bits per heavy atom. The Morgan fingerprint density at radius 2 is 1.46 bits per heavy atom. The molecule has 1 aromatic rings. The van der Waals surface area contributed by atoms with E-state index in [0.717, 1.165) is 49.8 Å². The lowest BCUT2D eigenvalue weighted by Gasteiger charge is -2.21. The van der Waals surface area contributed by atoms with Gasteiger partial charge in [-0.25, -0.2) is 9.80 Å². The lowest BCUT2D eigenvalue weighted by atomic mass is 9.92. The van der Waals surface area contributed by atoms with Gasteiger partial charge in [0.05, 0.1) is 13.0 Å². The van der Waals surface area contributed by atoms with Crippen LogP contribution in [0.4, 0.5) is 0 Å². The average Bonchev–Trinajstić information content (AvgIpc) is 3.75. The zero-order valence-electron chi connectivity index (χ0n) is 25.5. The highest BCUT2D eigenvalue weighted by atomic mass is 32.2. The number of aryl methyl sites for hydroxylation is 3. The summed E-state index contributed by atoms with van der Waals surface area (Å²) in [4.78, 5) is 26.4. The third kappa shape index (κ3) is 12.9. The number of benzene rings is 1. The number of carbonyl (C=O) groups excluding carboxylic acids is 2. The summed E-state index contributed by atoms with van der Waals surface area (Å²) in [6.45, 7) is 11.4. The monoisotopic (exact) mass is 558 g/mol. The van der Waals surface area contributed by atoms with Gasteiger partial charge in [0.1, 0.15) is 0 Å². The number of carbonyl (C=O) groups is 2. The van der Waals surface area contributed by atoms with Gasteiger partial charge in [-0.2, -0.15) is 5.10 Å². The summed E-state index contributed by atoms with van der Waals surface area (Å²) in [5.74, 6) is 0.846. The van der Waals surface area contributed by atoms with E-state index in [2.05, 4.69) is 44.9 Å².